The Hall–Kier alpha value is -3.19. The average Bonchev–Trinajstić information content (AvgIpc) is 3.29. The molecule has 0 saturated carbocycles. The smallest absolute Gasteiger partial charge is 0.226 e. The van der Waals surface area contributed by atoms with Crippen molar-refractivity contribution in [3.05, 3.63) is 82.9 Å². The average molecular weight is 462 g/mol. The van der Waals surface area contributed by atoms with Crippen LogP contribution in [0.4, 0.5) is 5.69 Å². The van der Waals surface area contributed by atoms with Crippen molar-refractivity contribution >= 4 is 28.9 Å². The number of aromatic nitrogens is 2. The summed E-state index contributed by atoms with van der Waals surface area (Å²) in [5.41, 5.74) is 6.53. The van der Waals surface area contributed by atoms with Crippen LogP contribution in [0.15, 0.2) is 54.7 Å². The third-order valence-corrected chi connectivity index (χ3v) is 6.94. The van der Waals surface area contributed by atoms with Crippen molar-refractivity contribution in [1.29, 1.82) is 0 Å². The number of aryl methyl sites for hydroxylation is 2. The van der Waals surface area contributed by atoms with Gasteiger partial charge in [0.25, 0.3) is 0 Å². The van der Waals surface area contributed by atoms with Gasteiger partial charge in [-0.1, -0.05) is 31.2 Å². The van der Waals surface area contributed by atoms with Crippen LogP contribution in [-0.4, -0.2) is 32.0 Å². The number of para-hydroxylation sites is 1. The fourth-order valence-electron chi connectivity index (χ4n) is 4.55. The quantitative estimate of drug-likeness (QED) is 0.504. The molecule has 0 spiro atoms. The largest absolute Gasteiger partial charge is 0.352 e. The molecule has 0 unspecified atom stereocenters. The van der Waals surface area contributed by atoms with Gasteiger partial charge in [0.15, 0.2) is 5.11 Å². The minimum absolute atomic E-state index is 0.0142. The van der Waals surface area contributed by atoms with E-state index in [-0.39, 0.29) is 18.0 Å². The number of thiocarbonyl (C=S) groups is 1. The SMILES string of the molecule is CCc1ccccc1NC(=O)CCN1C(=S)N[C@@H](c2ccccn2)[C@H]1c1cc(C)n(C)c1C. The number of carbonyl (C=O) groups excluding carboxylic acids is 1. The first-order valence-corrected chi connectivity index (χ1v) is 11.8. The van der Waals surface area contributed by atoms with E-state index in [0.717, 1.165) is 23.4 Å². The Morgan fingerprint density at radius 3 is 2.61 bits per heavy atom. The van der Waals surface area contributed by atoms with Gasteiger partial charge in [-0.15, -0.1) is 0 Å². The third kappa shape index (κ3) is 4.64. The van der Waals surface area contributed by atoms with Gasteiger partial charge in [0.05, 0.1) is 17.8 Å². The van der Waals surface area contributed by atoms with Gasteiger partial charge in [-0.2, -0.15) is 0 Å². The Morgan fingerprint density at radius 1 is 1.18 bits per heavy atom. The van der Waals surface area contributed by atoms with Gasteiger partial charge >= 0.3 is 0 Å². The van der Waals surface area contributed by atoms with Crippen molar-refractivity contribution in [2.24, 2.45) is 7.05 Å². The van der Waals surface area contributed by atoms with Crippen LogP contribution in [-0.2, 0) is 18.3 Å². The van der Waals surface area contributed by atoms with E-state index >= 15 is 0 Å². The molecular weight excluding hydrogens is 430 g/mol. The number of amides is 1. The van der Waals surface area contributed by atoms with Crippen LogP contribution in [0.3, 0.4) is 0 Å². The molecule has 0 bridgehead atoms. The molecule has 1 saturated heterocycles. The molecule has 172 valence electrons. The molecule has 3 heterocycles. The fourth-order valence-corrected chi connectivity index (χ4v) is 4.89. The summed E-state index contributed by atoms with van der Waals surface area (Å²) in [5.74, 6) is -0.0142. The number of hydrogen-bond donors (Lipinski definition) is 2. The second kappa shape index (κ2) is 9.75. The molecule has 2 atom stereocenters. The van der Waals surface area contributed by atoms with E-state index in [2.05, 4.69) is 59.0 Å². The van der Waals surface area contributed by atoms with E-state index in [4.69, 9.17) is 12.2 Å². The van der Waals surface area contributed by atoms with Crippen LogP contribution in [0.25, 0.3) is 0 Å². The van der Waals surface area contributed by atoms with E-state index in [9.17, 15) is 4.79 Å². The maximum absolute atomic E-state index is 12.8. The summed E-state index contributed by atoms with van der Waals surface area (Å²) in [6.45, 7) is 6.85. The Bertz CT molecular complexity index is 1160. The van der Waals surface area contributed by atoms with E-state index in [1.165, 1.54) is 17.0 Å². The lowest BCUT2D eigenvalue weighted by Crippen LogP contribution is -2.33. The summed E-state index contributed by atoms with van der Waals surface area (Å²) >= 11 is 5.75. The Kier molecular flexibility index (Phi) is 6.79. The normalized spacial score (nSPS) is 17.8. The van der Waals surface area contributed by atoms with E-state index in [1.54, 1.807) is 0 Å². The maximum atomic E-state index is 12.8. The van der Waals surface area contributed by atoms with E-state index < -0.39 is 0 Å². The van der Waals surface area contributed by atoms with Crippen LogP contribution in [0, 0.1) is 13.8 Å². The van der Waals surface area contributed by atoms with Crippen LogP contribution in [0.1, 0.15) is 53.6 Å². The molecule has 0 radical (unpaired) electrons. The number of anilines is 1. The van der Waals surface area contributed by atoms with Gasteiger partial charge in [0.2, 0.25) is 5.91 Å². The predicted molar refractivity (Wildman–Crippen MR) is 136 cm³/mol. The lowest BCUT2D eigenvalue weighted by atomic mass is 9.96. The highest BCUT2D eigenvalue weighted by Crippen LogP contribution is 2.40. The van der Waals surface area contributed by atoms with Crippen molar-refractivity contribution in [1.82, 2.24) is 19.8 Å². The molecule has 2 N–H and O–H groups in total. The fraction of sp³-hybridized carbons (Fsp3) is 0.346. The second-order valence-electron chi connectivity index (χ2n) is 8.51. The van der Waals surface area contributed by atoms with Crippen LogP contribution < -0.4 is 10.6 Å². The highest BCUT2D eigenvalue weighted by molar-refractivity contribution is 7.80. The van der Waals surface area contributed by atoms with Crippen LogP contribution in [0.2, 0.25) is 0 Å². The lowest BCUT2D eigenvalue weighted by molar-refractivity contribution is -0.116. The lowest BCUT2D eigenvalue weighted by Gasteiger charge is -2.28. The molecule has 0 aliphatic carbocycles. The highest BCUT2D eigenvalue weighted by atomic mass is 32.1. The topological polar surface area (TPSA) is 62.2 Å². The maximum Gasteiger partial charge on any atom is 0.226 e. The molecular formula is C26H31N5OS. The van der Waals surface area contributed by atoms with Gasteiger partial charge in [-0.3, -0.25) is 9.78 Å². The molecule has 1 aromatic carbocycles. The standard InChI is InChI=1S/C26H31N5OS/c1-5-19-10-6-7-11-21(19)28-23(32)13-15-31-25(20-16-17(2)30(4)18(20)3)24(29-26(31)33)22-12-8-9-14-27-22/h6-12,14,16,24-25H,5,13,15H2,1-4H3,(H,28,32)(H,29,33)/t24-,25+/m0/s1. The first-order chi connectivity index (χ1) is 15.9. The van der Waals surface area contributed by atoms with Crippen molar-refractivity contribution in [2.45, 2.75) is 45.7 Å². The number of pyridine rings is 1. The van der Waals surface area contributed by atoms with Gasteiger partial charge < -0.3 is 20.1 Å². The summed E-state index contributed by atoms with van der Waals surface area (Å²) in [4.78, 5) is 19.6. The zero-order valence-electron chi connectivity index (χ0n) is 19.6. The van der Waals surface area contributed by atoms with Crippen LogP contribution in [0.5, 0.6) is 0 Å². The predicted octanol–water partition coefficient (Wildman–Crippen LogP) is 4.60. The molecule has 4 rings (SSSR count). The van der Waals surface area contributed by atoms with Crippen molar-refractivity contribution in [3.8, 4) is 0 Å². The molecule has 6 nitrogen and oxygen atoms in total. The first kappa shape index (κ1) is 23.0. The van der Waals surface area contributed by atoms with Crippen molar-refractivity contribution in [3.63, 3.8) is 0 Å². The van der Waals surface area contributed by atoms with E-state index in [0.29, 0.717) is 18.1 Å². The Labute approximate surface area is 201 Å². The minimum Gasteiger partial charge on any atom is -0.352 e. The number of benzene rings is 1. The monoisotopic (exact) mass is 461 g/mol. The molecule has 3 aromatic rings. The highest BCUT2D eigenvalue weighted by Gasteiger charge is 2.41. The summed E-state index contributed by atoms with van der Waals surface area (Å²) in [7, 11) is 2.08. The van der Waals surface area contributed by atoms with Gasteiger partial charge in [0, 0.05) is 43.3 Å². The minimum atomic E-state index is -0.0805. The molecule has 2 aromatic heterocycles. The molecule has 1 fully saturated rings. The van der Waals surface area contributed by atoms with Gasteiger partial charge in [-0.25, -0.2) is 0 Å². The van der Waals surface area contributed by atoms with E-state index in [1.807, 2.05) is 48.7 Å². The van der Waals surface area contributed by atoms with Gasteiger partial charge in [0.1, 0.15) is 0 Å². The van der Waals surface area contributed by atoms with Crippen molar-refractivity contribution < 1.29 is 4.79 Å². The number of nitrogens with one attached hydrogen (secondary N) is 2. The zero-order valence-corrected chi connectivity index (χ0v) is 20.4. The number of carbonyl (C=O) groups is 1. The second-order valence-corrected chi connectivity index (χ2v) is 8.90. The molecule has 7 heteroatoms. The summed E-state index contributed by atoms with van der Waals surface area (Å²) in [5, 5.41) is 7.20. The Morgan fingerprint density at radius 2 is 1.94 bits per heavy atom. The number of rotatable bonds is 7. The summed E-state index contributed by atoms with van der Waals surface area (Å²) < 4.78 is 2.19. The van der Waals surface area contributed by atoms with Crippen LogP contribution >= 0.6 is 12.2 Å². The number of nitrogens with zero attached hydrogens (tertiary/aromatic N) is 3. The van der Waals surface area contributed by atoms with Crippen molar-refractivity contribution in [2.75, 3.05) is 11.9 Å². The first-order valence-electron chi connectivity index (χ1n) is 11.4. The molecule has 1 aliphatic heterocycles. The third-order valence-electron chi connectivity index (χ3n) is 6.58. The summed E-state index contributed by atoms with van der Waals surface area (Å²) in [6.07, 6.45) is 3.02. The molecule has 33 heavy (non-hydrogen) atoms. The molecule has 1 amide bonds. The number of hydrogen-bond acceptors (Lipinski definition) is 3. The zero-order chi connectivity index (χ0) is 23.5. The van der Waals surface area contributed by atoms with Gasteiger partial charge in [-0.05, 0) is 67.9 Å². The molecule has 1 aliphatic rings. The Balaban J connectivity index is 1.58. The summed E-state index contributed by atoms with van der Waals surface area (Å²) in [6, 6.07) is 16.0.